The molecule has 2 heterocycles. The maximum absolute atomic E-state index is 5.28. The van der Waals surface area contributed by atoms with E-state index in [-0.39, 0.29) is 0 Å². The lowest BCUT2D eigenvalue weighted by Crippen LogP contribution is -2.27. The Morgan fingerprint density at radius 1 is 0.857 bits per heavy atom. The molecular weight excluding hydrogens is 266 g/mol. The summed E-state index contributed by atoms with van der Waals surface area (Å²) in [6, 6.07) is 0. The van der Waals surface area contributed by atoms with Crippen LogP contribution in [0.3, 0.4) is 0 Å². The van der Waals surface area contributed by atoms with Gasteiger partial charge in [0, 0.05) is 30.8 Å². The Kier molecular flexibility index (Phi) is 4.83. The largest absolute Gasteiger partial charge is 0.361 e. The van der Waals surface area contributed by atoms with Crippen LogP contribution in [0.1, 0.15) is 47.9 Å². The van der Waals surface area contributed by atoms with Crippen LogP contribution in [0.5, 0.6) is 0 Å². The second-order valence-electron chi connectivity index (χ2n) is 6.17. The van der Waals surface area contributed by atoms with Crippen LogP contribution in [0.4, 0.5) is 0 Å². The molecule has 0 N–H and O–H groups in total. The van der Waals surface area contributed by atoms with E-state index in [2.05, 4.69) is 29.1 Å². The molecule has 21 heavy (non-hydrogen) atoms. The number of rotatable bonds is 6. The fraction of sp³-hybridized carbons (Fsp3) is 0.625. The quantitative estimate of drug-likeness (QED) is 0.814. The zero-order valence-electron chi connectivity index (χ0n) is 13.9. The van der Waals surface area contributed by atoms with E-state index in [9.17, 15) is 0 Å². The minimum atomic E-state index is 0.589. The van der Waals surface area contributed by atoms with Crippen molar-refractivity contribution in [2.45, 2.75) is 54.6 Å². The van der Waals surface area contributed by atoms with Gasteiger partial charge in [0.2, 0.25) is 0 Å². The van der Waals surface area contributed by atoms with Gasteiger partial charge in [0.25, 0.3) is 0 Å². The lowest BCUT2D eigenvalue weighted by Gasteiger charge is -2.24. The van der Waals surface area contributed by atoms with Crippen molar-refractivity contribution in [1.82, 2.24) is 15.2 Å². The first-order chi connectivity index (χ1) is 9.88. The first-order valence-corrected chi connectivity index (χ1v) is 7.44. The highest BCUT2D eigenvalue weighted by atomic mass is 16.5. The molecule has 2 aromatic heterocycles. The van der Waals surface area contributed by atoms with Crippen molar-refractivity contribution in [2.75, 3.05) is 6.54 Å². The Labute approximate surface area is 126 Å². The molecule has 0 radical (unpaired) electrons. The van der Waals surface area contributed by atoms with Gasteiger partial charge in [-0.25, -0.2) is 0 Å². The third-order valence-corrected chi connectivity index (χ3v) is 3.75. The summed E-state index contributed by atoms with van der Waals surface area (Å²) < 4.78 is 10.6. The van der Waals surface area contributed by atoms with Crippen molar-refractivity contribution in [3.05, 3.63) is 34.0 Å². The number of aromatic nitrogens is 2. The summed E-state index contributed by atoms with van der Waals surface area (Å²) in [6.45, 7) is 15.1. The molecule has 116 valence electrons. The minimum Gasteiger partial charge on any atom is -0.361 e. The molecule has 0 aliphatic carbocycles. The van der Waals surface area contributed by atoms with E-state index in [4.69, 9.17) is 9.05 Å². The molecule has 0 bridgehead atoms. The van der Waals surface area contributed by atoms with Crippen molar-refractivity contribution < 1.29 is 9.05 Å². The summed E-state index contributed by atoms with van der Waals surface area (Å²) in [5, 5.41) is 8.10. The molecule has 0 fully saturated rings. The SMILES string of the molecule is Cc1noc(C)c1CN(Cc1c(C)noc1C)CC(C)C. The van der Waals surface area contributed by atoms with Gasteiger partial charge in [-0.1, -0.05) is 24.2 Å². The van der Waals surface area contributed by atoms with E-state index in [1.54, 1.807) is 0 Å². The van der Waals surface area contributed by atoms with Gasteiger partial charge in [-0.3, -0.25) is 4.90 Å². The van der Waals surface area contributed by atoms with E-state index in [1.165, 1.54) is 11.1 Å². The molecule has 0 aromatic carbocycles. The van der Waals surface area contributed by atoms with Crippen molar-refractivity contribution in [3.8, 4) is 0 Å². The molecule has 0 aliphatic heterocycles. The summed E-state index contributed by atoms with van der Waals surface area (Å²) >= 11 is 0. The van der Waals surface area contributed by atoms with Gasteiger partial charge in [0.1, 0.15) is 11.5 Å². The van der Waals surface area contributed by atoms with Crippen LogP contribution in [0.15, 0.2) is 9.05 Å². The van der Waals surface area contributed by atoms with Crippen molar-refractivity contribution in [2.24, 2.45) is 5.92 Å². The fourth-order valence-corrected chi connectivity index (χ4v) is 2.60. The van der Waals surface area contributed by atoms with Crippen LogP contribution in [-0.4, -0.2) is 21.8 Å². The fourth-order valence-electron chi connectivity index (χ4n) is 2.60. The van der Waals surface area contributed by atoms with Gasteiger partial charge in [0.15, 0.2) is 0 Å². The van der Waals surface area contributed by atoms with Gasteiger partial charge in [-0.05, 0) is 33.6 Å². The van der Waals surface area contributed by atoms with E-state index in [1.807, 2.05) is 27.7 Å². The average Bonchev–Trinajstić information content (AvgIpc) is 2.88. The van der Waals surface area contributed by atoms with Gasteiger partial charge >= 0.3 is 0 Å². The molecule has 0 spiro atoms. The van der Waals surface area contributed by atoms with Crippen molar-refractivity contribution in [3.63, 3.8) is 0 Å². The van der Waals surface area contributed by atoms with Crippen LogP contribution in [-0.2, 0) is 13.1 Å². The summed E-state index contributed by atoms with van der Waals surface area (Å²) in [4.78, 5) is 2.41. The van der Waals surface area contributed by atoms with Crippen molar-refractivity contribution >= 4 is 0 Å². The molecule has 0 aliphatic rings. The van der Waals surface area contributed by atoms with Gasteiger partial charge in [-0.2, -0.15) is 0 Å². The molecule has 5 nitrogen and oxygen atoms in total. The highest BCUT2D eigenvalue weighted by Crippen LogP contribution is 2.20. The summed E-state index contributed by atoms with van der Waals surface area (Å²) in [5.74, 6) is 2.39. The predicted molar refractivity (Wildman–Crippen MR) is 80.9 cm³/mol. The minimum absolute atomic E-state index is 0.589. The van der Waals surface area contributed by atoms with E-state index >= 15 is 0 Å². The number of nitrogens with zero attached hydrogens (tertiary/aromatic N) is 3. The number of hydrogen-bond acceptors (Lipinski definition) is 5. The molecule has 5 heteroatoms. The summed E-state index contributed by atoms with van der Waals surface area (Å²) in [5.41, 5.74) is 4.31. The Morgan fingerprint density at radius 3 is 1.57 bits per heavy atom. The Bertz CT molecular complexity index is 511. The summed E-state index contributed by atoms with van der Waals surface area (Å²) in [7, 11) is 0. The van der Waals surface area contributed by atoms with Crippen LogP contribution in [0.2, 0.25) is 0 Å². The standard InChI is InChI=1S/C16H25N3O2/c1-10(2)7-19(8-15-11(3)17-20-13(15)5)9-16-12(4)18-21-14(16)6/h10H,7-9H2,1-6H3. The maximum atomic E-state index is 5.28. The van der Waals surface area contributed by atoms with Crippen LogP contribution in [0, 0.1) is 33.6 Å². The highest BCUT2D eigenvalue weighted by molar-refractivity contribution is 5.23. The third-order valence-electron chi connectivity index (χ3n) is 3.75. The van der Waals surface area contributed by atoms with Gasteiger partial charge < -0.3 is 9.05 Å². The number of hydrogen-bond donors (Lipinski definition) is 0. The van der Waals surface area contributed by atoms with E-state index < -0.39 is 0 Å². The molecule has 0 saturated heterocycles. The van der Waals surface area contributed by atoms with Crippen LogP contribution >= 0.6 is 0 Å². The molecule has 0 saturated carbocycles. The van der Waals surface area contributed by atoms with Gasteiger partial charge in [0.05, 0.1) is 11.4 Å². The lowest BCUT2D eigenvalue weighted by molar-refractivity contribution is 0.224. The molecule has 2 aromatic rings. The zero-order chi connectivity index (χ0) is 15.6. The first-order valence-electron chi connectivity index (χ1n) is 7.44. The second-order valence-corrected chi connectivity index (χ2v) is 6.17. The Morgan fingerprint density at radius 2 is 1.29 bits per heavy atom. The maximum Gasteiger partial charge on any atom is 0.138 e. The highest BCUT2D eigenvalue weighted by Gasteiger charge is 2.18. The van der Waals surface area contributed by atoms with E-state index in [0.29, 0.717) is 5.92 Å². The summed E-state index contributed by atoms with van der Waals surface area (Å²) in [6.07, 6.45) is 0. The molecule has 0 atom stereocenters. The molecule has 0 amide bonds. The Hall–Kier alpha value is -1.62. The van der Waals surface area contributed by atoms with Crippen LogP contribution < -0.4 is 0 Å². The first kappa shape index (κ1) is 15.8. The Balaban J connectivity index is 2.19. The predicted octanol–water partition coefficient (Wildman–Crippen LogP) is 3.55. The lowest BCUT2D eigenvalue weighted by atomic mass is 10.1. The smallest absolute Gasteiger partial charge is 0.138 e. The topological polar surface area (TPSA) is 55.3 Å². The van der Waals surface area contributed by atoms with Crippen molar-refractivity contribution in [1.29, 1.82) is 0 Å². The normalized spacial score (nSPS) is 11.8. The molecular formula is C16H25N3O2. The number of aryl methyl sites for hydroxylation is 4. The second kappa shape index (κ2) is 6.43. The average molecular weight is 291 g/mol. The third kappa shape index (κ3) is 3.73. The molecule has 0 unspecified atom stereocenters. The monoisotopic (exact) mass is 291 g/mol. The van der Waals surface area contributed by atoms with Gasteiger partial charge in [-0.15, -0.1) is 0 Å². The zero-order valence-corrected chi connectivity index (χ0v) is 13.9. The van der Waals surface area contributed by atoms with E-state index in [0.717, 1.165) is 42.5 Å². The molecule has 2 rings (SSSR count). The van der Waals surface area contributed by atoms with Crippen LogP contribution in [0.25, 0.3) is 0 Å².